The van der Waals surface area contributed by atoms with Crippen LogP contribution in [0.4, 0.5) is 5.69 Å². The average Bonchev–Trinajstić information content (AvgIpc) is 3.13. The van der Waals surface area contributed by atoms with Crippen molar-refractivity contribution in [1.82, 2.24) is 14.5 Å². The largest absolute Gasteiger partial charge is 0.493 e. The van der Waals surface area contributed by atoms with Gasteiger partial charge in [-0.3, -0.25) is 9.69 Å². The van der Waals surface area contributed by atoms with Crippen LogP contribution in [0.25, 0.3) is 11.0 Å². The Morgan fingerprint density at radius 2 is 1.93 bits per heavy atom. The van der Waals surface area contributed by atoms with Gasteiger partial charge in [0.15, 0.2) is 11.5 Å². The topological polar surface area (TPSA) is 68.6 Å². The van der Waals surface area contributed by atoms with E-state index < -0.39 is 0 Å². The molecule has 7 nitrogen and oxygen atoms in total. The third-order valence-corrected chi connectivity index (χ3v) is 5.56. The second-order valence-corrected chi connectivity index (χ2v) is 7.54. The van der Waals surface area contributed by atoms with E-state index >= 15 is 0 Å². The zero-order valence-electron chi connectivity index (χ0n) is 17.8. The third kappa shape index (κ3) is 3.98. The highest BCUT2D eigenvalue weighted by molar-refractivity contribution is 6.05. The monoisotopic (exact) mass is 408 g/mol. The van der Waals surface area contributed by atoms with Gasteiger partial charge in [-0.25, -0.2) is 4.98 Å². The highest BCUT2D eigenvalue weighted by Gasteiger charge is 2.20. The molecule has 0 unspecified atom stereocenters. The van der Waals surface area contributed by atoms with Gasteiger partial charge in [0.05, 0.1) is 31.8 Å². The maximum atomic E-state index is 12.7. The molecule has 30 heavy (non-hydrogen) atoms. The van der Waals surface area contributed by atoms with Gasteiger partial charge in [0.2, 0.25) is 0 Å². The Morgan fingerprint density at radius 3 is 2.70 bits per heavy atom. The van der Waals surface area contributed by atoms with Crippen molar-refractivity contribution < 1.29 is 14.3 Å². The lowest BCUT2D eigenvalue weighted by molar-refractivity contribution is 0.102. The molecule has 0 spiro atoms. The van der Waals surface area contributed by atoms with Gasteiger partial charge < -0.3 is 19.4 Å². The van der Waals surface area contributed by atoms with Gasteiger partial charge in [0.25, 0.3) is 5.91 Å². The minimum absolute atomic E-state index is 0.204. The summed E-state index contributed by atoms with van der Waals surface area (Å²) < 4.78 is 12.8. The lowest BCUT2D eigenvalue weighted by Gasteiger charge is -2.27. The smallest absolute Gasteiger partial charge is 0.255 e. The number of anilines is 1. The molecule has 0 saturated carbocycles. The number of hydrogen-bond acceptors (Lipinski definition) is 5. The molecule has 0 radical (unpaired) electrons. The molecule has 2 heterocycles. The van der Waals surface area contributed by atoms with Gasteiger partial charge in [-0.1, -0.05) is 13.3 Å². The molecule has 4 rings (SSSR count). The first-order valence-corrected chi connectivity index (χ1v) is 10.4. The molecular weight excluding hydrogens is 380 g/mol. The Labute approximate surface area is 176 Å². The highest BCUT2D eigenvalue weighted by atomic mass is 16.5. The molecule has 158 valence electrons. The summed E-state index contributed by atoms with van der Waals surface area (Å²) in [4.78, 5) is 20.0. The molecule has 0 aliphatic carbocycles. The number of nitrogens with one attached hydrogen (secondary N) is 1. The zero-order chi connectivity index (χ0) is 21.1. The Morgan fingerprint density at radius 1 is 1.10 bits per heavy atom. The van der Waals surface area contributed by atoms with Crippen molar-refractivity contribution >= 4 is 22.6 Å². The predicted molar refractivity (Wildman–Crippen MR) is 117 cm³/mol. The van der Waals surface area contributed by atoms with Gasteiger partial charge in [-0.15, -0.1) is 0 Å². The Bertz CT molecular complexity index is 1060. The number of rotatable bonds is 7. The van der Waals surface area contributed by atoms with E-state index in [1.165, 1.54) is 12.8 Å². The highest BCUT2D eigenvalue weighted by Crippen LogP contribution is 2.28. The maximum Gasteiger partial charge on any atom is 0.255 e. The zero-order valence-corrected chi connectivity index (χ0v) is 17.8. The molecule has 3 aromatic rings. The van der Waals surface area contributed by atoms with E-state index in [9.17, 15) is 4.79 Å². The summed E-state index contributed by atoms with van der Waals surface area (Å²) in [6.45, 7) is 6.22. The van der Waals surface area contributed by atoms with Gasteiger partial charge in [0, 0.05) is 24.3 Å². The number of carbonyl (C=O) groups excluding carboxylic acids is 1. The van der Waals surface area contributed by atoms with Crippen LogP contribution in [-0.2, 0) is 13.1 Å². The average molecular weight is 409 g/mol. The normalized spacial score (nSPS) is 13.8. The Balaban J connectivity index is 1.52. The molecule has 1 aliphatic heterocycles. The van der Waals surface area contributed by atoms with Gasteiger partial charge in [-0.05, 0) is 49.4 Å². The summed E-state index contributed by atoms with van der Waals surface area (Å²) in [6.07, 6.45) is 2.42. The van der Waals surface area contributed by atoms with E-state index in [-0.39, 0.29) is 5.91 Å². The van der Waals surface area contributed by atoms with Crippen LogP contribution in [0.5, 0.6) is 11.5 Å². The number of methoxy groups -OCH3 is 2. The summed E-state index contributed by atoms with van der Waals surface area (Å²) in [6, 6.07) is 11.0. The molecule has 0 fully saturated rings. The second kappa shape index (κ2) is 8.75. The third-order valence-electron chi connectivity index (χ3n) is 5.56. The first kappa shape index (κ1) is 20.2. The van der Waals surface area contributed by atoms with E-state index in [1.807, 2.05) is 18.2 Å². The van der Waals surface area contributed by atoms with Crippen LogP contribution >= 0.6 is 0 Å². The lowest BCUT2D eigenvalue weighted by Crippen LogP contribution is -2.34. The standard InChI is InChI=1S/C23H28N4O3/c1-4-5-10-26-11-12-27-19-8-7-17(14-18(19)25-22(27)15-26)24-23(28)16-6-9-20(29-2)21(13-16)30-3/h6-9,13-14H,4-5,10-12,15H2,1-3H3,(H,24,28). The fourth-order valence-electron chi connectivity index (χ4n) is 3.90. The number of ether oxygens (including phenoxy) is 2. The van der Waals surface area contributed by atoms with E-state index in [0.717, 1.165) is 48.7 Å². The number of fused-ring (bicyclic) bond motifs is 3. The summed E-state index contributed by atoms with van der Waals surface area (Å²) in [5.74, 6) is 2.00. The predicted octanol–water partition coefficient (Wildman–Crippen LogP) is 3.92. The quantitative estimate of drug-likeness (QED) is 0.642. The van der Waals surface area contributed by atoms with E-state index in [2.05, 4.69) is 21.7 Å². The second-order valence-electron chi connectivity index (χ2n) is 7.54. The van der Waals surface area contributed by atoms with Crippen molar-refractivity contribution in [2.24, 2.45) is 0 Å². The minimum Gasteiger partial charge on any atom is -0.493 e. The number of imidazole rings is 1. The molecular formula is C23H28N4O3. The van der Waals surface area contributed by atoms with Crippen molar-refractivity contribution in [3.8, 4) is 11.5 Å². The fourth-order valence-corrected chi connectivity index (χ4v) is 3.90. The number of amides is 1. The summed E-state index contributed by atoms with van der Waals surface area (Å²) in [5.41, 5.74) is 3.25. The van der Waals surface area contributed by atoms with Crippen molar-refractivity contribution in [1.29, 1.82) is 0 Å². The Kier molecular flexibility index (Phi) is 5.90. The molecule has 1 amide bonds. The van der Waals surface area contributed by atoms with Gasteiger partial charge in [-0.2, -0.15) is 0 Å². The van der Waals surface area contributed by atoms with Crippen molar-refractivity contribution in [3.63, 3.8) is 0 Å². The van der Waals surface area contributed by atoms with Crippen LogP contribution in [0.2, 0.25) is 0 Å². The van der Waals surface area contributed by atoms with Crippen LogP contribution < -0.4 is 14.8 Å². The van der Waals surface area contributed by atoms with E-state index in [0.29, 0.717) is 17.1 Å². The van der Waals surface area contributed by atoms with Gasteiger partial charge >= 0.3 is 0 Å². The van der Waals surface area contributed by atoms with Crippen LogP contribution in [0.15, 0.2) is 36.4 Å². The van der Waals surface area contributed by atoms with Crippen LogP contribution in [0.1, 0.15) is 35.9 Å². The molecule has 1 N–H and O–H groups in total. The number of hydrogen-bond donors (Lipinski definition) is 1. The fraction of sp³-hybridized carbons (Fsp3) is 0.391. The van der Waals surface area contributed by atoms with Crippen molar-refractivity contribution in [2.45, 2.75) is 32.9 Å². The number of nitrogens with zero attached hydrogens (tertiary/aromatic N) is 3. The number of carbonyl (C=O) groups is 1. The minimum atomic E-state index is -0.204. The summed E-state index contributed by atoms with van der Waals surface area (Å²) in [7, 11) is 3.12. The lowest BCUT2D eigenvalue weighted by atomic mass is 10.1. The first-order chi connectivity index (χ1) is 14.6. The molecule has 2 aromatic carbocycles. The number of aromatic nitrogens is 2. The Hall–Kier alpha value is -3.06. The number of benzene rings is 2. The summed E-state index contributed by atoms with van der Waals surface area (Å²) in [5, 5.41) is 2.96. The van der Waals surface area contributed by atoms with Gasteiger partial charge in [0.1, 0.15) is 5.82 Å². The van der Waals surface area contributed by atoms with Crippen LogP contribution in [0, 0.1) is 0 Å². The molecule has 0 saturated heterocycles. The molecule has 1 aromatic heterocycles. The van der Waals surface area contributed by atoms with E-state index in [4.69, 9.17) is 14.5 Å². The first-order valence-electron chi connectivity index (χ1n) is 10.4. The molecule has 1 aliphatic rings. The van der Waals surface area contributed by atoms with Crippen molar-refractivity contribution in [2.75, 3.05) is 32.6 Å². The molecule has 0 bridgehead atoms. The SMILES string of the molecule is CCCCN1CCn2c(nc3cc(NC(=O)c4ccc(OC)c(OC)c4)ccc32)C1. The number of unbranched alkanes of at least 4 members (excludes halogenated alkanes) is 1. The summed E-state index contributed by atoms with van der Waals surface area (Å²) >= 11 is 0. The van der Waals surface area contributed by atoms with Crippen LogP contribution in [-0.4, -0.2) is 47.7 Å². The van der Waals surface area contributed by atoms with Crippen LogP contribution in [0.3, 0.4) is 0 Å². The maximum absolute atomic E-state index is 12.7. The van der Waals surface area contributed by atoms with Crippen molar-refractivity contribution in [3.05, 3.63) is 47.8 Å². The molecule has 0 atom stereocenters. The molecule has 7 heteroatoms. The van der Waals surface area contributed by atoms with E-state index in [1.54, 1.807) is 32.4 Å².